The van der Waals surface area contributed by atoms with Gasteiger partial charge in [-0.25, -0.2) is 4.85 Å². The van der Waals surface area contributed by atoms with Crippen LogP contribution in [0.1, 0.15) is 22.3 Å². The van der Waals surface area contributed by atoms with Crippen molar-refractivity contribution in [2.45, 2.75) is 20.8 Å². The predicted octanol–water partition coefficient (Wildman–Crippen LogP) is 9.98. The number of hydrogen-bond donors (Lipinski definition) is 0. The van der Waals surface area contributed by atoms with E-state index in [0.717, 1.165) is 66.1 Å². The highest BCUT2D eigenvalue weighted by molar-refractivity contribution is 8.27. The number of aryl methyl sites for hydroxylation is 3. The molecule has 0 amide bonds. The molecule has 0 saturated carbocycles. The third-order valence-corrected chi connectivity index (χ3v) is 20.3. The second-order valence-corrected chi connectivity index (χ2v) is 22.8. The average Bonchev–Trinajstić information content (AvgIpc) is 3.21. The van der Waals surface area contributed by atoms with Gasteiger partial charge in [0.1, 0.15) is 0 Å². The molecule has 0 aromatic heterocycles. The van der Waals surface area contributed by atoms with E-state index in [0.29, 0.717) is 11.3 Å². The Morgan fingerprint density at radius 3 is 1.52 bits per heavy atom. The molecule has 0 spiro atoms. The normalized spacial score (nSPS) is 17.8. The maximum Gasteiger partial charge on any atom is 0.187 e. The van der Waals surface area contributed by atoms with Crippen molar-refractivity contribution in [3.05, 3.63) is 179 Å². The van der Waals surface area contributed by atoms with Crippen molar-refractivity contribution in [2.24, 2.45) is 0 Å². The Hall–Kier alpha value is -5.38. The van der Waals surface area contributed by atoms with Gasteiger partial charge in [0.2, 0.25) is 0 Å². The molecule has 0 radical (unpaired) electrons. The van der Waals surface area contributed by atoms with Gasteiger partial charge in [0.25, 0.3) is 0 Å². The second kappa shape index (κ2) is 12.9. The summed E-state index contributed by atoms with van der Waals surface area (Å²) in [4.78, 5) is 6.15. The highest BCUT2D eigenvalue weighted by Crippen LogP contribution is 2.61. The molecule has 0 bridgehead atoms. The molecule has 2 aliphatic rings. The number of hydrogen-bond acceptors (Lipinski definition) is 4. The number of benzene rings is 7. The summed E-state index contributed by atoms with van der Waals surface area (Å²) in [5, 5.41) is 16.6. The minimum atomic E-state index is -2.68. The summed E-state index contributed by atoms with van der Waals surface area (Å²) < 4.78 is 0. The fraction of sp³-hybridized carbons (Fsp3) is 0.0638. The van der Waals surface area contributed by atoms with E-state index in [1.165, 1.54) is 21.7 Å². The van der Waals surface area contributed by atoms with Crippen LogP contribution < -0.4 is 36.7 Å². The molecular formula is C47H33N3P2S2. The number of rotatable bonds is 4. The highest BCUT2D eigenvalue weighted by Gasteiger charge is 2.46. The van der Waals surface area contributed by atoms with Crippen molar-refractivity contribution in [1.82, 2.24) is 0 Å². The zero-order chi connectivity index (χ0) is 37.4. The quantitative estimate of drug-likeness (QED) is 0.132. The van der Waals surface area contributed by atoms with Crippen LogP contribution in [0.2, 0.25) is 0 Å². The zero-order valence-electron chi connectivity index (χ0n) is 29.9. The van der Waals surface area contributed by atoms with Crippen LogP contribution in [0.3, 0.4) is 0 Å². The first-order chi connectivity index (χ1) is 26.1. The fourth-order valence-corrected chi connectivity index (χ4v) is 17.0. The maximum absolute atomic E-state index is 9.68. The first-order valence-electron chi connectivity index (χ1n) is 17.7. The van der Waals surface area contributed by atoms with Gasteiger partial charge >= 0.3 is 0 Å². The third kappa shape index (κ3) is 5.20. The molecule has 3 nitrogen and oxygen atoms in total. The molecular weight excluding hydrogens is 733 g/mol. The first kappa shape index (κ1) is 34.4. The SMILES string of the molecule is [C-]#[N+]c1cccc(-c2cccc(P3(=S)c4cc(C)ccc4N4c5ccc(C)cc5P(=S)(c5cccc(-c6cccc(C#N)c6)c5)c5cc(C)cc3c54)c2)c1. The Labute approximate surface area is 327 Å². The van der Waals surface area contributed by atoms with Crippen LogP contribution >= 0.6 is 12.1 Å². The topological polar surface area (TPSA) is 31.4 Å². The summed E-state index contributed by atoms with van der Waals surface area (Å²) in [5.74, 6) is 0. The Kier molecular flexibility index (Phi) is 8.21. The van der Waals surface area contributed by atoms with Crippen molar-refractivity contribution in [2.75, 3.05) is 4.90 Å². The second-order valence-electron chi connectivity index (χ2n) is 14.1. The minimum Gasteiger partial charge on any atom is -0.308 e. The summed E-state index contributed by atoms with van der Waals surface area (Å²) in [7, 11) is 0. The van der Waals surface area contributed by atoms with Crippen LogP contribution in [-0.4, -0.2) is 0 Å². The van der Waals surface area contributed by atoms with Crippen LogP contribution in [0.25, 0.3) is 27.1 Å². The van der Waals surface area contributed by atoms with Crippen molar-refractivity contribution in [3.63, 3.8) is 0 Å². The van der Waals surface area contributed by atoms with Crippen LogP contribution in [0, 0.1) is 38.7 Å². The predicted molar refractivity (Wildman–Crippen MR) is 236 cm³/mol. The van der Waals surface area contributed by atoms with Gasteiger partial charge in [0.05, 0.1) is 35.3 Å². The van der Waals surface area contributed by atoms with E-state index in [2.05, 4.69) is 146 Å². The summed E-state index contributed by atoms with van der Waals surface area (Å²) in [6.45, 7) is 14.1. The molecule has 7 heteroatoms. The number of fused-ring (bicyclic) bond motifs is 4. The molecule has 0 aliphatic carbocycles. The van der Waals surface area contributed by atoms with E-state index in [1.807, 2.05) is 36.4 Å². The highest BCUT2D eigenvalue weighted by atomic mass is 32.4. The summed E-state index contributed by atoms with van der Waals surface area (Å²) >= 11 is 14.4. The summed E-state index contributed by atoms with van der Waals surface area (Å²) in [6.07, 6.45) is 0. The van der Waals surface area contributed by atoms with E-state index < -0.39 is 12.1 Å². The zero-order valence-corrected chi connectivity index (χ0v) is 33.3. The van der Waals surface area contributed by atoms with E-state index in [4.69, 9.17) is 30.2 Å². The molecule has 0 fully saturated rings. The monoisotopic (exact) mass is 765 g/mol. The van der Waals surface area contributed by atoms with Gasteiger partial charge in [0.15, 0.2) is 5.69 Å². The Bertz CT molecular complexity index is 2740. The lowest BCUT2D eigenvalue weighted by molar-refractivity contribution is 1.29. The molecule has 2 atom stereocenters. The molecule has 2 heterocycles. The minimum absolute atomic E-state index is 0.615. The molecule has 2 aliphatic heterocycles. The Morgan fingerprint density at radius 2 is 1.00 bits per heavy atom. The van der Waals surface area contributed by atoms with Crippen molar-refractivity contribution >= 4 is 90.3 Å². The van der Waals surface area contributed by atoms with Crippen molar-refractivity contribution in [1.29, 1.82) is 5.26 Å². The summed E-state index contributed by atoms with van der Waals surface area (Å²) in [5.41, 5.74) is 12.1. The molecule has 258 valence electrons. The molecule has 0 N–H and O–H groups in total. The van der Waals surface area contributed by atoms with Crippen molar-refractivity contribution < 1.29 is 0 Å². The lowest BCUT2D eigenvalue weighted by Gasteiger charge is -2.47. The van der Waals surface area contributed by atoms with Gasteiger partial charge < -0.3 is 4.90 Å². The number of anilines is 3. The smallest absolute Gasteiger partial charge is 0.187 e. The lowest BCUT2D eigenvalue weighted by Crippen LogP contribution is -2.46. The number of nitriles is 1. The molecule has 54 heavy (non-hydrogen) atoms. The van der Waals surface area contributed by atoms with Gasteiger partial charge in [-0.3, -0.25) is 0 Å². The van der Waals surface area contributed by atoms with E-state index in [1.54, 1.807) is 0 Å². The van der Waals surface area contributed by atoms with Crippen molar-refractivity contribution in [3.8, 4) is 28.3 Å². The van der Waals surface area contributed by atoms with Gasteiger partial charge in [-0.2, -0.15) is 5.26 Å². The van der Waals surface area contributed by atoms with Crippen LogP contribution in [0.15, 0.2) is 146 Å². The van der Waals surface area contributed by atoms with Crippen LogP contribution in [0.4, 0.5) is 22.7 Å². The maximum atomic E-state index is 9.68. The number of nitrogens with zero attached hydrogens (tertiary/aromatic N) is 3. The Balaban J connectivity index is 1.35. The summed E-state index contributed by atoms with van der Waals surface area (Å²) in [6, 6.07) is 48.1. The van der Waals surface area contributed by atoms with Gasteiger partial charge in [-0.05, 0) is 126 Å². The van der Waals surface area contributed by atoms with Crippen LogP contribution in [0.5, 0.6) is 0 Å². The molecule has 7 aromatic rings. The van der Waals surface area contributed by atoms with Crippen LogP contribution in [-0.2, 0) is 23.6 Å². The Morgan fingerprint density at radius 1 is 0.537 bits per heavy atom. The largest absolute Gasteiger partial charge is 0.308 e. The molecule has 0 saturated heterocycles. The lowest BCUT2D eigenvalue weighted by atomic mass is 10.0. The van der Waals surface area contributed by atoms with E-state index in [9.17, 15) is 5.26 Å². The van der Waals surface area contributed by atoms with Gasteiger partial charge in [-0.15, -0.1) is 0 Å². The first-order valence-corrected chi connectivity index (χ1v) is 23.3. The molecule has 2 unspecified atom stereocenters. The molecule has 9 rings (SSSR count). The van der Waals surface area contributed by atoms with Gasteiger partial charge in [-0.1, -0.05) is 114 Å². The van der Waals surface area contributed by atoms with E-state index >= 15 is 0 Å². The van der Waals surface area contributed by atoms with E-state index in [-0.39, 0.29) is 0 Å². The molecule has 7 aromatic carbocycles. The average molecular weight is 766 g/mol. The standard InChI is InChI=1S/C47H33N3P2S2/c1-30-17-19-41-43(21-30)51(53,39-15-7-12-36(27-39)34-10-5-9-33(25-34)29-48)45-23-32(3)24-46-47(45)50(41)42-20-18-31(2)22-44(42)52(46,54)40-16-8-13-37(28-40)35-11-6-14-38(26-35)49-4/h5-28H,1-3H3. The third-order valence-electron chi connectivity index (χ3n) is 10.6. The van der Waals surface area contributed by atoms with Gasteiger partial charge in [0, 0.05) is 33.3 Å². The fourth-order valence-electron chi connectivity index (χ4n) is 8.07.